The van der Waals surface area contributed by atoms with Crippen molar-refractivity contribution in [3.05, 3.63) is 4.91 Å². The van der Waals surface area contributed by atoms with Crippen LogP contribution in [0.25, 0.3) is 0 Å². The molecule has 0 aromatic rings. The fraction of sp³-hybridized carbons (Fsp3) is 0.900. The van der Waals surface area contributed by atoms with Gasteiger partial charge in [0.15, 0.2) is 5.79 Å². The Morgan fingerprint density at radius 1 is 1.39 bits per heavy atom. The Balaban J connectivity index is 2.56. The molecule has 0 aliphatic carbocycles. The van der Waals surface area contributed by atoms with Crippen LogP contribution >= 0.6 is 11.6 Å². The summed E-state index contributed by atoms with van der Waals surface area (Å²) in [4.78, 5) is 22.2. The van der Waals surface area contributed by atoms with Gasteiger partial charge in [-0.15, -0.1) is 16.5 Å². The first-order chi connectivity index (χ1) is 8.32. The lowest BCUT2D eigenvalue weighted by Crippen LogP contribution is -2.60. The zero-order valence-corrected chi connectivity index (χ0v) is 11.5. The minimum absolute atomic E-state index is 0.0557. The maximum atomic E-state index is 11.8. The second-order valence-electron chi connectivity index (χ2n) is 4.86. The van der Waals surface area contributed by atoms with Crippen molar-refractivity contribution in [2.24, 2.45) is 5.29 Å². The zero-order chi connectivity index (χ0) is 13.8. The van der Waals surface area contributed by atoms with E-state index in [9.17, 15) is 9.70 Å². The number of nitrogens with one attached hydrogen (secondary N) is 1. The Labute approximate surface area is 111 Å². The maximum absolute atomic E-state index is 11.8. The van der Waals surface area contributed by atoms with E-state index in [1.54, 1.807) is 20.8 Å². The molecule has 0 aromatic carbocycles. The van der Waals surface area contributed by atoms with Gasteiger partial charge in [0.25, 0.3) is 0 Å². The van der Waals surface area contributed by atoms with E-state index >= 15 is 0 Å². The van der Waals surface area contributed by atoms with Crippen LogP contribution < -0.4 is 5.32 Å². The van der Waals surface area contributed by atoms with Crippen molar-refractivity contribution < 1.29 is 14.3 Å². The molecule has 1 rings (SSSR count). The summed E-state index contributed by atoms with van der Waals surface area (Å²) < 4.78 is 10.9. The molecule has 1 saturated heterocycles. The Morgan fingerprint density at radius 3 is 2.39 bits per heavy atom. The van der Waals surface area contributed by atoms with Crippen LogP contribution in [0.15, 0.2) is 5.29 Å². The smallest absolute Gasteiger partial charge is 0.341 e. The molecule has 0 spiro atoms. The lowest BCUT2D eigenvalue weighted by molar-refractivity contribution is -0.267. The number of nitrogens with zero attached hydrogens (tertiary/aromatic N) is 2. The maximum Gasteiger partial charge on any atom is 0.341 e. The summed E-state index contributed by atoms with van der Waals surface area (Å²) in [6, 6.07) is -0.611. The summed E-state index contributed by atoms with van der Waals surface area (Å²) in [6.45, 7) is 5.99. The molecule has 104 valence electrons. The molecule has 1 fully saturated rings. The minimum atomic E-state index is -0.693. The molecule has 1 N–H and O–H groups in total. The molecule has 2 amide bonds. The summed E-state index contributed by atoms with van der Waals surface area (Å²) in [5.74, 6) is -0.529. The van der Waals surface area contributed by atoms with E-state index in [-0.39, 0.29) is 12.4 Å². The van der Waals surface area contributed by atoms with E-state index < -0.39 is 17.4 Å². The number of halogens is 1. The van der Waals surface area contributed by atoms with Crippen molar-refractivity contribution in [1.82, 2.24) is 10.3 Å². The Morgan fingerprint density at radius 2 is 1.94 bits per heavy atom. The first-order valence-electron chi connectivity index (χ1n) is 5.59. The molecule has 0 atom stereocenters. The van der Waals surface area contributed by atoms with Crippen LogP contribution in [-0.4, -0.2) is 48.0 Å². The van der Waals surface area contributed by atoms with Crippen molar-refractivity contribution >= 4 is 17.6 Å². The fourth-order valence-corrected chi connectivity index (χ4v) is 1.56. The second kappa shape index (κ2) is 5.81. The van der Waals surface area contributed by atoms with Crippen LogP contribution in [-0.2, 0) is 9.47 Å². The third-order valence-electron chi connectivity index (χ3n) is 2.51. The van der Waals surface area contributed by atoms with Gasteiger partial charge in [-0.3, -0.25) is 0 Å². The number of carbonyl (C=O) groups is 1. The van der Waals surface area contributed by atoms with Gasteiger partial charge in [0.05, 0.1) is 30.6 Å². The second-order valence-corrected chi connectivity index (χ2v) is 5.24. The standard InChI is InChI=1S/C10H18ClN3O4/c1-9(2)17-6-10(3,7-18-9)12-8(15)14(13-16)5-4-11/h4-7H2,1-3H3,(H,12,15). The van der Waals surface area contributed by atoms with E-state index in [2.05, 4.69) is 10.6 Å². The number of hydrogen-bond acceptors (Lipinski definition) is 5. The molecule has 1 aliphatic heterocycles. The summed E-state index contributed by atoms with van der Waals surface area (Å²) >= 11 is 5.46. The molecular weight excluding hydrogens is 262 g/mol. The zero-order valence-electron chi connectivity index (χ0n) is 10.7. The van der Waals surface area contributed by atoms with Crippen LogP contribution in [0.1, 0.15) is 20.8 Å². The number of rotatable bonds is 4. The number of alkyl halides is 1. The van der Waals surface area contributed by atoms with Crippen LogP contribution in [0.4, 0.5) is 4.79 Å². The number of ether oxygens (including phenoxy) is 2. The molecular formula is C10H18ClN3O4. The number of hydrogen-bond donors (Lipinski definition) is 1. The summed E-state index contributed by atoms with van der Waals surface area (Å²) in [6.07, 6.45) is 0. The quantitative estimate of drug-likeness (QED) is 0.480. The topological polar surface area (TPSA) is 80.2 Å². The molecule has 1 heterocycles. The lowest BCUT2D eigenvalue weighted by Gasteiger charge is -2.41. The number of urea groups is 1. The first kappa shape index (κ1) is 15.1. The summed E-state index contributed by atoms with van der Waals surface area (Å²) in [5, 5.41) is 6.00. The number of amides is 2. The van der Waals surface area contributed by atoms with Crippen LogP contribution in [0.5, 0.6) is 0 Å². The predicted molar refractivity (Wildman–Crippen MR) is 66.1 cm³/mol. The minimum Gasteiger partial charge on any atom is -0.348 e. The lowest BCUT2D eigenvalue weighted by atomic mass is 10.0. The molecule has 0 aromatic heterocycles. The highest BCUT2D eigenvalue weighted by atomic mass is 35.5. The van der Waals surface area contributed by atoms with Gasteiger partial charge in [-0.1, -0.05) is 0 Å². The van der Waals surface area contributed by atoms with Crippen LogP contribution in [0.2, 0.25) is 0 Å². The van der Waals surface area contributed by atoms with Gasteiger partial charge in [-0.2, -0.15) is 5.01 Å². The van der Waals surface area contributed by atoms with Crippen molar-refractivity contribution in [2.75, 3.05) is 25.6 Å². The average Bonchev–Trinajstić information content (AvgIpc) is 2.30. The predicted octanol–water partition coefficient (Wildman–Crippen LogP) is 1.46. The SMILES string of the molecule is CC1(NC(=O)N(CCCl)N=O)COC(C)(C)OC1. The molecule has 8 heteroatoms. The normalized spacial score (nSPS) is 21.1. The van der Waals surface area contributed by atoms with Crippen molar-refractivity contribution in [3.63, 3.8) is 0 Å². The van der Waals surface area contributed by atoms with Gasteiger partial charge in [0.2, 0.25) is 0 Å². The Bertz CT molecular complexity index is 314. The summed E-state index contributed by atoms with van der Waals surface area (Å²) in [7, 11) is 0. The Kier molecular flexibility index (Phi) is 4.89. The van der Waals surface area contributed by atoms with E-state index in [0.717, 1.165) is 5.01 Å². The van der Waals surface area contributed by atoms with E-state index in [0.29, 0.717) is 13.2 Å². The molecule has 0 radical (unpaired) electrons. The van der Waals surface area contributed by atoms with Gasteiger partial charge in [0.1, 0.15) is 0 Å². The molecule has 1 aliphatic rings. The molecule has 0 saturated carbocycles. The van der Waals surface area contributed by atoms with Gasteiger partial charge >= 0.3 is 6.03 Å². The molecule has 0 unspecified atom stereocenters. The number of carbonyl (C=O) groups excluding carboxylic acids is 1. The first-order valence-corrected chi connectivity index (χ1v) is 6.12. The van der Waals surface area contributed by atoms with Gasteiger partial charge in [0, 0.05) is 5.88 Å². The molecule has 0 bridgehead atoms. The molecule has 18 heavy (non-hydrogen) atoms. The third kappa shape index (κ3) is 4.08. The van der Waals surface area contributed by atoms with Crippen molar-refractivity contribution in [2.45, 2.75) is 32.1 Å². The van der Waals surface area contributed by atoms with E-state index in [1.807, 2.05) is 0 Å². The third-order valence-corrected chi connectivity index (χ3v) is 2.68. The monoisotopic (exact) mass is 279 g/mol. The highest BCUT2D eigenvalue weighted by Gasteiger charge is 2.38. The Hall–Kier alpha value is -0.920. The largest absolute Gasteiger partial charge is 0.348 e. The van der Waals surface area contributed by atoms with Gasteiger partial charge in [-0.25, -0.2) is 4.79 Å². The van der Waals surface area contributed by atoms with Crippen LogP contribution in [0, 0.1) is 4.91 Å². The fourth-order valence-electron chi connectivity index (χ4n) is 1.40. The van der Waals surface area contributed by atoms with E-state index in [1.165, 1.54) is 0 Å². The van der Waals surface area contributed by atoms with Crippen LogP contribution in [0.3, 0.4) is 0 Å². The number of nitroso groups, excluding NO2 is 1. The average molecular weight is 280 g/mol. The molecule has 7 nitrogen and oxygen atoms in total. The summed E-state index contributed by atoms with van der Waals surface area (Å²) in [5.41, 5.74) is -0.693. The highest BCUT2D eigenvalue weighted by molar-refractivity contribution is 6.18. The highest BCUT2D eigenvalue weighted by Crippen LogP contribution is 2.23. The van der Waals surface area contributed by atoms with Crippen molar-refractivity contribution in [3.8, 4) is 0 Å². The van der Waals surface area contributed by atoms with E-state index in [4.69, 9.17) is 21.1 Å². The van der Waals surface area contributed by atoms with Crippen molar-refractivity contribution in [1.29, 1.82) is 0 Å². The van der Waals surface area contributed by atoms with Gasteiger partial charge < -0.3 is 14.8 Å². The van der Waals surface area contributed by atoms with Gasteiger partial charge in [-0.05, 0) is 20.8 Å².